The molecule has 172 valence electrons. The van der Waals surface area contributed by atoms with Crippen LogP contribution in [0.2, 0.25) is 5.02 Å². The summed E-state index contributed by atoms with van der Waals surface area (Å²) in [6, 6.07) is 50.8. The van der Waals surface area contributed by atoms with Crippen molar-refractivity contribution in [3.05, 3.63) is 151 Å². The summed E-state index contributed by atoms with van der Waals surface area (Å²) in [6.45, 7) is 0. The van der Waals surface area contributed by atoms with Crippen molar-refractivity contribution in [3.8, 4) is 50.5 Å². The van der Waals surface area contributed by atoms with E-state index in [1.54, 1.807) is 0 Å². The van der Waals surface area contributed by atoms with Crippen LogP contribution in [0.5, 0.6) is 0 Å². The molecule has 0 unspecified atom stereocenters. The Hall–Kier alpha value is -4.33. The predicted molar refractivity (Wildman–Crippen MR) is 153 cm³/mol. The van der Waals surface area contributed by atoms with Gasteiger partial charge in [0.15, 0.2) is 0 Å². The fraction of sp³-hybridized carbons (Fsp3) is 0. The molecule has 0 aliphatic heterocycles. The Balaban J connectivity index is 1.86. The summed E-state index contributed by atoms with van der Waals surface area (Å²) in [7, 11) is 0. The average molecular weight is 482 g/mol. The lowest BCUT2D eigenvalue weighted by molar-refractivity contribution is 1.10. The third-order valence-electron chi connectivity index (χ3n) is 6.46. The van der Waals surface area contributed by atoms with Crippen LogP contribution in [0.4, 0.5) is 0 Å². The van der Waals surface area contributed by atoms with Crippen molar-refractivity contribution in [2.45, 2.75) is 0 Å². The number of halogens is 1. The summed E-state index contributed by atoms with van der Waals surface area (Å²) in [5, 5.41) is 0.710. The Kier molecular flexibility index (Phi) is 5.99. The van der Waals surface area contributed by atoms with Gasteiger partial charge in [0.1, 0.15) is 0 Å². The number of aromatic nitrogens is 1. The molecule has 0 aliphatic carbocycles. The van der Waals surface area contributed by atoms with E-state index in [1.165, 1.54) is 22.3 Å². The Bertz CT molecular complexity index is 1500. The van der Waals surface area contributed by atoms with Crippen LogP contribution in [0.25, 0.3) is 50.5 Å². The molecule has 0 fully saturated rings. The van der Waals surface area contributed by atoms with Crippen molar-refractivity contribution in [2.75, 3.05) is 0 Å². The van der Waals surface area contributed by atoms with E-state index < -0.39 is 0 Å². The van der Waals surface area contributed by atoms with Gasteiger partial charge in [0, 0.05) is 21.8 Å². The Labute approximate surface area is 216 Å². The maximum absolute atomic E-state index is 6.56. The molecule has 0 N–H and O–H groups in total. The summed E-state index contributed by atoms with van der Waals surface area (Å²) >= 11 is 6.56. The van der Waals surface area contributed by atoms with Crippen LogP contribution in [0.15, 0.2) is 146 Å². The molecule has 0 amide bonds. The van der Waals surface area contributed by atoms with Crippen LogP contribution < -0.4 is 0 Å². The minimum absolute atomic E-state index is 0.710. The zero-order chi connectivity index (χ0) is 24.3. The zero-order valence-electron chi connectivity index (χ0n) is 19.7. The summed E-state index contributed by atoms with van der Waals surface area (Å²) < 4.78 is 2.38. The van der Waals surface area contributed by atoms with E-state index in [4.69, 9.17) is 11.6 Å². The first-order valence-corrected chi connectivity index (χ1v) is 12.5. The highest BCUT2D eigenvalue weighted by atomic mass is 35.5. The third kappa shape index (κ3) is 4.04. The van der Waals surface area contributed by atoms with E-state index in [1.807, 2.05) is 18.2 Å². The lowest BCUT2D eigenvalue weighted by Crippen LogP contribution is -2.00. The molecule has 0 saturated carbocycles. The topological polar surface area (TPSA) is 4.93 Å². The van der Waals surface area contributed by atoms with Gasteiger partial charge < -0.3 is 4.57 Å². The van der Waals surface area contributed by atoms with E-state index in [9.17, 15) is 0 Å². The highest BCUT2D eigenvalue weighted by Crippen LogP contribution is 2.49. The summed E-state index contributed by atoms with van der Waals surface area (Å²) in [4.78, 5) is 0. The molecule has 0 aliphatic rings. The van der Waals surface area contributed by atoms with Crippen molar-refractivity contribution in [3.63, 3.8) is 0 Å². The molecule has 36 heavy (non-hydrogen) atoms. The van der Waals surface area contributed by atoms with Crippen LogP contribution in [0, 0.1) is 0 Å². The molecule has 2 heteroatoms. The molecular formula is C34H24ClN. The van der Waals surface area contributed by atoms with E-state index in [-0.39, 0.29) is 0 Å². The molecule has 1 heterocycles. The van der Waals surface area contributed by atoms with Crippen LogP contribution in [0.3, 0.4) is 0 Å². The lowest BCUT2D eigenvalue weighted by Gasteiger charge is -2.16. The maximum Gasteiger partial charge on any atom is 0.0619 e. The molecule has 0 radical (unpaired) electrons. The minimum atomic E-state index is 0.710. The van der Waals surface area contributed by atoms with Crippen molar-refractivity contribution >= 4 is 11.6 Å². The van der Waals surface area contributed by atoms with Gasteiger partial charge in [-0.25, -0.2) is 0 Å². The van der Waals surface area contributed by atoms with Crippen molar-refractivity contribution < 1.29 is 0 Å². The molecule has 5 aromatic carbocycles. The Morgan fingerprint density at radius 2 is 0.778 bits per heavy atom. The standard InChI is InChI=1S/C34H24ClN/c35-29-22-13-23-30(24-29)36-33(27-18-9-3-10-19-27)31(25-14-5-1-6-15-25)32(26-16-7-2-8-17-26)34(36)28-20-11-4-12-21-28/h1-24H. The molecule has 1 nitrogen and oxygen atoms in total. The molecule has 6 aromatic rings. The lowest BCUT2D eigenvalue weighted by atomic mass is 9.91. The highest BCUT2D eigenvalue weighted by Gasteiger charge is 2.27. The van der Waals surface area contributed by atoms with Crippen LogP contribution >= 0.6 is 11.6 Å². The third-order valence-corrected chi connectivity index (χ3v) is 6.69. The van der Waals surface area contributed by atoms with Gasteiger partial charge in [0.2, 0.25) is 0 Å². The maximum atomic E-state index is 6.56. The monoisotopic (exact) mass is 481 g/mol. The molecule has 0 saturated heterocycles. The van der Waals surface area contributed by atoms with Gasteiger partial charge in [0.05, 0.1) is 11.4 Å². The predicted octanol–water partition coefficient (Wildman–Crippen LogP) is 9.80. The van der Waals surface area contributed by atoms with Crippen molar-refractivity contribution in [1.82, 2.24) is 4.57 Å². The zero-order valence-corrected chi connectivity index (χ0v) is 20.4. The number of hydrogen-bond acceptors (Lipinski definition) is 0. The van der Waals surface area contributed by atoms with Gasteiger partial charge in [0.25, 0.3) is 0 Å². The van der Waals surface area contributed by atoms with E-state index >= 15 is 0 Å². The van der Waals surface area contributed by atoms with Gasteiger partial charge in [-0.1, -0.05) is 139 Å². The Morgan fingerprint density at radius 3 is 1.17 bits per heavy atom. The van der Waals surface area contributed by atoms with Crippen LogP contribution in [-0.2, 0) is 0 Å². The summed E-state index contributed by atoms with van der Waals surface area (Å²) in [5.74, 6) is 0. The summed E-state index contributed by atoms with van der Waals surface area (Å²) in [5.41, 5.74) is 10.4. The van der Waals surface area contributed by atoms with Crippen molar-refractivity contribution in [1.29, 1.82) is 0 Å². The molecule has 0 atom stereocenters. The number of benzene rings is 5. The fourth-order valence-corrected chi connectivity index (χ4v) is 5.14. The van der Waals surface area contributed by atoms with Crippen molar-refractivity contribution in [2.24, 2.45) is 0 Å². The summed E-state index contributed by atoms with van der Waals surface area (Å²) in [6.07, 6.45) is 0. The molecule has 0 bridgehead atoms. The smallest absolute Gasteiger partial charge is 0.0619 e. The van der Waals surface area contributed by atoms with Gasteiger partial charge in [-0.15, -0.1) is 0 Å². The first kappa shape index (κ1) is 22.2. The first-order valence-electron chi connectivity index (χ1n) is 12.1. The first-order chi connectivity index (χ1) is 17.8. The molecule has 6 rings (SSSR count). The quantitative estimate of drug-likeness (QED) is 0.231. The highest BCUT2D eigenvalue weighted by molar-refractivity contribution is 6.30. The van der Waals surface area contributed by atoms with Gasteiger partial charge in [-0.05, 0) is 40.5 Å². The largest absolute Gasteiger partial charge is 0.308 e. The van der Waals surface area contributed by atoms with E-state index in [2.05, 4.69) is 132 Å². The molecular weight excluding hydrogens is 458 g/mol. The van der Waals surface area contributed by atoms with E-state index in [0.29, 0.717) is 5.02 Å². The average Bonchev–Trinajstić information content (AvgIpc) is 3.31. The second-order valence-corrected chi connectivity index (χ2v) is 9.16. The van der Waals surface area contributed by atoms with Gasteiger partial charge in [-0.2, -0.15) is 0 Å². The number of nitrogens with zero attached hydrogens (tertiary/aromatic N) is 1. The number of rotatable bonds is 5. The normalized spacial score (nSPS) is 10.9. The van der Waals surface area contributed by atoms with Gasteiger partial charge >= 0.3 is 0 Å². The second kappa shape index (κ2) is 9.73. The molecule has 1 aromatic heterocycles. The van der Waals surface area contributed by atoms with Gasteiger partial charge in [-0.3, -0.25) is 0 Å². The van der Waals surface area contributed by atoms with Crippen LogP contribution in [-0.4, -0.2) is 4.57 Å². The molecule has 0 spiro atoms. The fourth-order valence-electron chi connectivity index (χ4n) is 4.96. The Morgan fingerprint density at radius 1 is 0.389 bits per heavy atom. The van der Waals surface area contributed by atoms with E-state index in [0.717, 1.165) is 28.2 Å². The number of hydrogen-bond donors (Lipinski definition) is 0. The second-order valence-electron chi connectivity index (χ2n) is 8.73. The minimum Gasteiger partial charge on any atom is -0.308 e. The van der Waals surface area contributed by atoms with Crippen LogP contribution in [0.1, 0.15) is 0 Å². The SMILES string of the molecule is Clc1cccc(-n2c(-c3ccccc3)c(-c3ccccc3)c(-c3ccccc3)c2-c2ccccc2)c1.